The third kappa shape index (κ3) is 6.33. The van der Waals surface area contributed by atoms with Crippen LogP contribution >= 0.6 is 0 Å². The number of methoxy groups -OCH3 is 1. The fraction of sp³-hybridized carbons (Fsp3) is 0.522. The molecule has 0 N–H and O–H groups in total. The number of furan rings is 1. The number of aromatic nitrogens is 2. The minimum Gasteiger partial charge on any atom is -0.459 e. The van der Waals surface area contributed by atoms with E-state index in [-0.39, 0.29) is 36.9 Å². The first-order chi connectivity index (χ1) is 17.0. The van der Waals surface area contributed by atoms with Crippen LogP contribution in [-0.4, -0.2) is 54.4 Å². The molecular formula is C23H25F3N2O8. The topological polar surface area (TPSA) is 111 Å². The van der Waals surface area contributed by atoms with Gasteiger partial charge >= 0.3 is 17.8 Å². The number of ether oxygens (including phenoxy) is 4. The molecule has 1 aliphatic heterocycles. The SMILES string of the molecule is COCOC[C@H]1O[C@@H](n2cc(C(F)(F)F)c(=O)n(C(=O)c3ccco3)c2=O)C[C@@H]1OCC#CC(C)C. The summed E-state index contributed by atoms with van der Waals surface area (Å²) >= 11 is 0. The van der Waals surface area contributed by atoms with Crippen molar-refractivity contribution >= 4 is 5.91 Å². The Kier molecular flexibility index (Phi) is 8.91. The van der Waals surface area contributed by atoms with Gasteiger partial charge in [0.15, 0.2) is 5.76 Å². The van der Waals surface area contributed by atoms with Crippen LogP contribution in [0.15, 0.2) is 38.6 Å². The fourth-order valence-electron chi connectivity index (χ4n) is 3.50. The van der Waals surface area contributed by atoms with Gasteiger partial charge in [0, 0.05) is 25.6 Å². The number of halogens is 3. The molecule has 0 unspecified atom stereocenters. The highest BCUT2D eigenvalue weighted by Gasteiger charge is 2.42. The average Bonchev–Trinajstić information content (AvgIpc) is 3.46. The van der Waals surface area contributed by atoms with E-state index in [1.807, 2.05) is 13.8 Å². The summed E-state index contributed by atoms with van der Waals surface area (Å²) in [5.74, 6) is 4.03. The molecule has 1 aliphatic rings. The van der Waals surface area contributed by atoms with Crippen LogP contribution in [0, 0.1) is 17.8 Å². The van der Waals surface area contributed by atoms with Crippen LogP contribution in [0.2, 0.25) is 0 Å². The van der Waals surface area contributed by atoms with E-state index in [9.17, 15) is 27.6 Å². The Morgan fingerprint density at radius 1 is 1.31 bits per heavy atom. The van der Waals surface area contributed by atoms with Crippen molar-refractivity contribution in [2.75, 3.05) is 27.1 Å². The summed E-state index contributed by atoms with van der Waals surface area (Å²) < 4.78 is 68.0. The van der Waals surface area contributed by atoms with Crippen molar-refractivity contribution in [1.29, 1.82) is 0 Å². The van der Waals surface area contributed by atoms with Crippen molar-refractivity contribution in [3.63, 3.8) is 0 Å². The van der Waals surface area contributed by atoms with Gasteiger partial charge in [-0.05, 0) is 12.1 Å². The van der Waals surface area contributed by atoms with Gasteiger partial charge in [0.2, 0.25) is 0 Å². The van der Waals surface area contributed by atoms with E-state index in [2.05, 4.69) is 11.8 Å². The number of carbonyl (C=O) groups is 1. The molecule has 1 saturated heterocycles. The van der Waals surface area contributed by atoms with Gasteiger partial charge in [0.1, 0.15) is 31.3 Å². The second kappa shape index (κ2) is 11.7. The van der Waals surface area contributed by atoms with E-state index in [1.165, 1.54) is 13.2 Å². The number of alkyl halides is 3. The van der Waals surface area contributed by atoms with Crippen molar-refractivity contribution in [2.45, 2.75) is 44.9 Å². The number of rotatable bonds is 8. The molecular weight excluding hydrogens is 489 g/mol. The molecule has 0 aromatic carbocycles. The predicted octanol–water partition coefficient (Wildman–Crippen LogP) is 2.26. The monoisotopic (exact) mass is 514 g/mol. The van der Waals surface area contributed by atoms with Crippen LogP contribution in [0.5, 0.6) is 0 Å². The Bertz CT molecular complexity index is 1220. The first-order valence-electron chi connectivity index (χ1n) is 10.9. The summed E-state index contributed by atoms with van der Waals surface area (Å²) in [6, 6.07) is 2.41. The summed E-state index contributed by atoms with van der Waals surface area (Å²) in [5, 5.41) is 0. The average molecular weight is 514 g/mol. The molecule has 2 aromatic rings. The first-order valence-corrected chi connectivity index (χ1v) is 10.9. The van der Waals surface area contributed by atoms with Gasteiger partial charge < -0.3 is 23.4 Å². The minimum absolute atomic E-state index is 0.0128. The highest BCUT2D eigenvalue weighted by atomic mass is 19.4. The van der Waals surface area contributed by atoms with Gasteiger partial charge in [0.05, 0.1) is 19.0 Å². The summed E-state index contributed by atoms with van der Waals surface area (Å²) in [6.07, 6.45) is -6.61. The van der Waals surface area contributed by atoms with E-state index in [4.69, 9.17) is 23.4 Å². The molecule has 0 spiro atoms. The maximum absolute atomic E-state index is 13.7. The highest BCUT2D eigenvalue weighted by molar-refractivity contribution is 5.93. The Balaban J connectivity index is 2.00. The van der Waals surface area contributed by atoms with Crippen LogP contribution in [0.3, 0.4) is 0 Å². The van der Waals surface area contributed by atoms with E-state index in [0.29, 0.717) is 10.8 Å². The lowest BCUT2D eigenvalue weighted by atomic mass is 10.2. The summed E-state index contributed by atoms with van der Waals surface area (Å²) in [5.41, 5.74) is -4.86. The zero-order valence-electron chi connectivity index (χ0n) is 19.7. The molecule has 36 heavy (non-hydrogen) atoms. The first kappa shape index (κ1) is 27.4. The van der Waals surface area contributed by atoms with Crippen molar-refractivity contribution in [3.05, 3.63) is 56.8 Å². The van der Waals surface area contributed by atoms with Gasteiger partial charge in [-0.15, -0.1) is 0 Å². The molecule has 2 aromatic heterocycles. The van der Waals surface area contributed by atoms with Gasteiger partial charge in [-0.1, -0.05) is 25.7 Å². The molecule has 0 bridgehead atoms. The molecule has 3 atom stereocenters. The lowest BCUT2D eigenvalue weighted by Gasteiger charge is -2.19. The predicted molar refractivity (Wildman–Crippen MR) is 117 cm³/mol. The lowest BCUT2D eigenvalue weighted by molar-refractivity contribution is -0.140. The van der Waals surface area contributed by atoms with Crippen LogP contribution in [0.1, 0.15) is 42.6 Å². The highest BCUT2D eigenvalue weighted by Crippen LogP contribution is 2.32. The number of nitrogens with zero attached hydrogens (tertiary/aromatic N) is 2. The van der Waals surface area contributed by atoms with Gasteiger partial charge in [-0.2, -0.15) is 17.7 Å². The number of carbonyl (C=O) groups excluding carboxylic acids is 1. The summed E-state index contributed by atoms with van der Waals surface area (Å²) in [6.45, 7) is 3.67. The van der Waals surface area contributed by atoms with Gasteiger partial charge in [-0.3, -0.25) is 14.2 Å². The molecule has 3 rings (SSSR count). The fourth-order valence-corrected chi connectivity index (χ4v) is 3.50. The Hall–Kier alpha value is -3.18. The Morgan fingerprint density at radius 3 is 2.67 bits per heavy atom. The van der Waals surface area contributed by atoms with E-state index in [1.54, 1.807) is 0 Å². The minimum atomic E-state index is -5.15. The zero-order chi connectivity index (χ0) is 26.5. The molecule has 0 radical (unpaired) electrons. The van der Waals surface area contributed by atoms with Crippen molar-refractivity contribution in [1.82, 2.24) is 9.13 Å². The third-order valence-corrected chi connectivity index (χ3v) is 5.09. The molecule has 0 amide bonds. The second-order valence-electron chi connectivity index (χ2n) is 8.12. The Morgan fingerprint density at radius 2 is 2.06 bits per heavy atom. The van der Waals surface area contributed by atoms with E-state index < -0.39 is 53.1 Å². The second-order valence-corrected chi connectivity index (χ2v) is 8.12. The molecule has 0 saturated carbocycles. The van der Waals surface area contributed by atoms with Crippen LogP contribution in [-0.2, 0) is 25.1 Å². The third-order valence-electron chi connectivity index (χ3n) is 5.09. The molecule has 10 nitrogen and oxygen atoms in total. The maximum atomic E-state index is 13.7. The van der Waals surface area contributed by atoms with Gasteiger partial charge in [0.25, 0.3) is 5.56 Å². The normalized spacial score (nSPS) is 19.9. The Labute approximate surface area is 203 Å². The lowest BCUT2D eigenvalue weighted by Crippen LogP contribution is -2.47. The van der Waals surface area contributed by atoms with Crippen LogP contribution in [0.25, 0.3) is 0 Å². The summed E-state index contributed by atoms with van der Waals surface area (Å²) in [4.78, 5) is 38.3. The van der Waals surface area contributed by atoms with E-state index in [0.717, 1.165) is 12.3 Å². The largest absolute Gasteiger partial charge is 0.459 e. The van der Waals surface area contributed by atoms with Crippen LogP contribution < -0.4 is 11.2 Å². The number of hydrogen-bond acceptors (Lipinski definition) is 8. The van der Waals surface area contributed by atoms with Crippen LogP contribution in [0.4, 0.5) is 13.2 Å². The smallest absolute Gasteiger partial charge is 0.423 e. The number of hydrogen-bond donors (Lipinski definition) is 0. The van der Waals surface area contributed by atoms with Crippen molar-refractivity contribution < 1.29 is 41.3 Å². The molecule has 13 heteroatoms. The van der Waals surface area contributed by atoms with Crippen molar-refractivity contribution in [2.24, 2.45) is 5.92 Å². The molecule has 0 aliphatic carbocycles. The van der Waals surface area contributed by atoms with E-state index >= 15 is 0 Å². The molecule has 3 heterocycles. The standard InChI is InChI=1S/C23H25F3N2O8/c1-14(2)6-4-8-35-17-10-19(36-18(17)12-33-13-32-3)27-11-15(23(24,25)26)20(29)28(22(27)31)21(30)16-7-5-9-34-16/h5,7,9,11,14,17-19H,8,10,12-13H2,1-3H3/t17-,18+,19+/m0/s1. The quantitative estimate of drug-likeness (QED) is 0.300. The molecule has 1 fully saturated rings. The molecule has 196 valence electrons. The zero-order valence-corrected chi connectivity index (χ0v) is 19.7. The van der Waals surface area contributed by atoms with Gasteiger partial charge in [-0.25, -0.2) is 4.79 Å². The summed E-state index contributed by atoms with van der Waals surface area (Å²) in [7, 11) is 1.41. The van der Waals surface area contributed by atoms with Crippen molar-refractivity contribution in [3.8, 4) is 11.8 Å². The maximum Gasteiger partial charge on any atom is 0.423 e.